The van der Waals surface area contributed by atoms with E-state index in [1.807, 2.05) is 0 Å². The largest absolute Gasteiger partial charge is 0.490 e. The van der Waals surface area contributed by atoms with Crippen LogP contribution in [-0.2, 0) is 11.2 Å². The van der Waals surface area contributed by atoms with Crippen molar-refractivity contribution in [2.75, 3.05) is 18.6 Å². The molecular weight excluding hydrogens is 241 g/mol. The summed E-state index contributed by atoms with van der Waals surface area (Å²) in [7, 11) is 0. The summed E-state index contributed by atoms with van der Waals surface area (Å²) < 4.78 is 17.3. The van der Waals surface area contributed by atoms with E-state index < -0.39 is 12.6 Å². The second-order valence-corrected chi connectivity index (χ2v) is 3.89. The Balaban J connectivity index is 2.43. The van der Waals surface area contributed by atoms with Crippen LogP contribution in [0.3, 0.4) is 0 Å². The topological polar surface area (TPSA) is 75.6 Å². The number of fused-ring (bicyclic) bond motifs is 1. The lowest BCUT2D eigenvalue weighted by Gasteiger charge is -2.20. The molecule has 0 atom stereocenters. The molecule has 0 saturated carbocycles. The lowest BCUT2D eigenvalue weighted by atomic mass is 9.99. The van der Waals surface area contributed by atoms with E-state index in [2.05, 4.69) is 5.32 Å². The first-order chi connectivity index (χ1) is 8.61. The summed E-state index contributed by atoms with van der Waals surface area (Å²) in [5.74, 6) is -0.966. The highest BCUT2D eigenvalue weighted by Gasteiger charge is 2.21. The van der Waals surface area contributed by atoms with Crippen LogP contribution >= 0.6 is 0 Å². The van der Waals surface area contributed by atoms with E-state index in [4.69, 9.17) is 9.84 Å². The third-order valence-electron chi connectivity index (χ3n) is 2.67. The van der Waals surface area contributed by atoms with Gasteiger partial charge in [-0.05, 0) is 18.6 Å². The Labute approximate surface area is 103 Å². The standard InChI is InChI=1S/C12H12FNO4/c13-3-4-18-10-6-7(12(16)17)5-9-8(10)1-2-11(15)14-9/h5-6H,1-4H2,(H,14,15)(H,16,17). The highest BCUT2D eigenvalue weighted by molar-refractivity contribution is 5.97. The Morgan fingerprint density at radius 3 is 2.89 bits per heavy atom. The number of benzene rings is 1. The van der Waals surface area contributed by atoms with E-state index in [0.717, 1.165) is 0 Å². The van der Waals surface area contributed by atoms with Gasteiger partial charge in [0, 0.05) is 17.7 Å². The van der Waals surface area contributed by atoms with Crippen molar-refractivity contribution in [3.05, 3.63) is 23.3 Å². The number of carboxylic acids is 1. The van der Waals surface area contributed by atoms with Gasteiger partial charge in [-0.15, -0.1) is 0 Å². The first-order valence-corrected chi connectivity index (χ1v) is 5.50. The summed E-state index contributed by atoms with van der Waals surface area (Å²) in [4.78, 5) is 22.2. The fourth-order valence-electron chi connectivity index (χ4n) is 1.87. The summed E-state index contributed by atoms with van der Waals surface area (Å²) in [6.45, 7) is -0.790. The number of carbonyl (C=O) groups excluding carboxylic acids is 1. The van der Waals surface area contributed by atoms with E-state index in [1.165, 1.54) is 12.1 Å². The summed E-state index contributed by atoms with van der Waals surface area (Å²) in [5.41, 5.74) is 1.15. The number of carboxylic acid groups (broad SMARTS) is 1. The third-order valence-corrected chi connectivity index (χ3v) is 2.67. The SMILES string of the molecule is O=C1CCc2c(cc(C(=O)O)cc2OCCF)N1. The molecule has 0 aromatic heterocycles. The molecule has 0 spiro atoms. The molecule has 2 N–H and O–H groups in total. The molecule has 1 amide bonds. The maximum absolute atomic E-state index is 12.1. The Hall–Kier alpha value is -2.11. The van der Waals surface area contributed by atoms with Crippen molar-refractivity contribution in [3.8, 4) is 5.75 Å². The zero-order valence-electron chi connectivity index (χ0n) is 9.53. The van der Waals surface area contributed by atoms with Crippen molar-refractivity contribution in [1.82, 2.24) is 0 Å². The molecule has 18 heavy (non-hydrogen) atoms. The summed E-state index contributed by atoms with van der Waals surface area (Å²) in [6, 6.07) is 2.74. The first kappa shape index (κ1) is 12.3. The number of hydrogen-bond donors (Lipinski definition) is 2. The van der Waals surface area contributed by atoms with E-state index >= 15 is 0 Å². The molecule has 5 nitrogen and oxygen atoms in total. The van der Waals surface area contributed by atoms with Crippen molar-refractivity contribution in [3.63, 3.8) is 0 Å². The Kier molecular flexibility index (Phi) is 3.45. The average Bonchev–Trinajstić information content (AvgIpc) is 2.34. The summed E-state index contributed by atoms with van der Waals surface area (Å²) >= 11 is 0. The molecule has 1 heterocycles. The predicted molar refractivity (Wildman–Crippen MR) is 61.8 cm³/mol. The predicted octanol–water partition coefficient (Wildman–Crippen LogP) is 1.62. The molecule has 1 aliphatic rings. The molecule has 96 valence electrons. The Morgan fingerprint density at radius 2 is 2.22 bits per heavy atom. The van der Waals surface area contributed by atoms with Crippen molar-refractivity contribution in [2.45, 2.75) is 12.8 Å². The molecule has 0 saturated heterocycles. The van der Waals surface area contributed by atoms with Gasteiger partial charge in [0.2, 0.25) is 5.91 Å². The first-order valence-electron chi connectivity index (χ1n) is 5.50. The minimum absolute atomic E-state index is 0.00445. The van der Waals surface area contributed by atoms with Crippen molar-refractivity contribution in [1.29, 1.82) is 0 Å². The third kappa shape index (κ3) is 2.42. The molecule has 2 rings (SSSR count). The van der Waals surface area contributed by atoms with Gasteiger partial charge in [0.1, 0.15) is 19.0 Å². The van der Waals surface area contributed by atoms with Gasteiger partial charge in [0.05, 0.1) is 5.56 Å². The second kappa shape index (κ2) is 5.03. The molecule has 0 aliphatic carbocycles. The van der Waals surface area contributed by atoms with Crippen LogP contribution in [-0.4, -0.2) is 30.3 Å². The van der Waals surface area contributed by atoms with Crippen molar-refractivity contribution in [2.24, 2.45) is 0 Å². The van der Waals surface area contributed by atoms with Crippen molar-refractivity contribution >= 4 is 17.6 Å². The molecule has 1 aromatic rings. The van der Waals surface area contributed by atoms with E-state index in [9.17, 15) is 14.0 Å². The summed E-state index contributed by atoms with van der Waals surface area (Å²) in [5, 5.41) is 11.6. The average molecular weight is 253 g/mol. The van der Waals surface area contributed by atoms with Crippen LogP contribution in [0.15, 0.2) is 12.1 Å². The second-order valence-electron chi connectivity index (χ2n) is 3.89. The lowest BCUT2D eigenvalue weighted by Crippen LogP contribution is -2.20. The van der Waals surface area contributed by atoms with E-state index in [-0.39, 0.29) is 18.1 Å². The van der Waals surface area contributed by atoms with E-state index in [1.54, 1.807) is 0 Å². The van der Waals surface area contributed by atoms with Gasteiger partial charge in [-0.1, -0.05) is 0 Å². The number of alkyl halides is 1. The van der Waals surface area contributed by atoms with Gasteiger partial charge in [-0.3, -0.25) is 4.79 Å². The smallest absolute Gasteiger partial charge is 0.335 e. The maximum Gasteiger partial charge on any atom is 0.335 e. The molecular formula is C12H12FNO4. The lowest BCUT2D eigenvalue weighted by molar-refractivity contribution is -0.116. The number of aromatic carboxylic acids is 1. The molecule has 1 aliphatic heterocycles. The maximum atomic E-state index is 12.1. The van der Waals surface area contributed by atoms with Gasteiger partial charge in [-0.25, -0.2) is 9.18 Å². The molecule has 0 bridgehead atoms. The normalized spacial score (nSPS) is 13.7. The number of nitrogens with one attached hydrogen (secondary N) is 1. The highest BCUT2D eigenvalue weighted by Crippen LogP contribution is 2.33. The van der Waals surface area contributed by atoms with E-state index in [0.29, 0.717) is 29.8 Å². The number of amides is 1. The van der Waals surface area contributed by atoms with Gasteiger partial charge in [0.15, 0.2) is 0 Å². The fraction of sp³-hybridized carbons (Fsp3) is 0.333. The van der Waals surface area contributed by atoms with Crippen LogP contribution in [0.1, 0.15) is 22.3 Å². The molecule has 0 radical (unpaired) electrons. The molecule has 0 fully saturated rings. The monoisotopic (exact) mass is 253 g/mol. The quantitative estimate of drug-likeness (QED) is 0.854. The van der Waals surface area contributed by atoms with Gasteiger partial charge >= 0.3 is 5.97 Å². The Morgan fingerprint density at radius 1 is 1.44 bits per heavy atom. The number of hydrogen-bond acceptors (Lipinski definition) is 3. The van der Waals surface area contributed by atoms with Gasteiger partial charge in [0.25, 0.3) is 0 Å². The zero-order chi connectivity index (χ0) is 13.1. The summed E-state index contributed by atoms with van der Waals surface area (Å²) in [6.07, 6.45) is 0.772. The molecule has 6 heteroatoms. The van der Waals surface area contributed by atoms with Crippen LogP contribution < -0.4 is 10.1 Å². The van der Waals surface area contributed by atoms with Crippen LogP contribution in [0.4, 0.5) is 10.1 Å². The number of ether oxygens (including phenoxy) is 1. The molecule has 0 unspecified atom stereocenters. The minimum Gasteiger partial charge on any atom is -0.490 e. The highest BCUT2D eigenvalue weighted by atomic mass is 19.1. The van der Waals surface area contributed by atoms with Gasteiger partial charge < -0.3 is 15.2 Å². The number of anilines is 1. The number of halogens is 1. The zero-order valence-corrected chi connectivity index (χ0v) is 9.53. The van der Waals surface area contributed by atoms with Gasteiger partial charge in [-0.2, -0.15) is 0 Å². The van der Waals surface area contributed by atoms with Crippen LogP contribution in [0, 0.1) is 0 Å². The fourth-order valence-corrected chi connectivity index (χ4v) is 1.87. The van der Waals surface area contributed by atoms with Crippen LogP contribution in [0.2, 0.25) is 0 Å². The van der Waals surface area contributed by atoms with Crippen LogP contribution in [0.5, 0.6) is 5.75 Å². The Bertz CT molecular complexity index is 501. The van der Waals surface area contributed by atoms with Crippen molar-refractivity contribution < 1.29 is 23.8 Å². The number of carbonyl (C=O) groups is 2. The minimum atomic E-state index is -1.12. The van der Waals surface area contributed by atoms with Crippen LogP contribution in [0.25, 0.3) is 0 Å². The molecule has 1 aromatic carbocycles. The number of rotatable bonds is 4.